The van der Waals surface area contributed by atoms with Gasteiger partial charge in [-0.3, -0.25) is 4.79 Å². The van der Waals surface area contributed by atoms with E-state index < -0.39 is 17.6 Å². The fourth-order valence-electron chi connectivity index (χ4n) is 2.42. The van der Waals surface area contributed by atoms with Crippen molar-refractivity contribution in [1.82, 2.24) is 10.2 Å². The van der Waals surface area contributed by atoms with Crippen LogP contribution in [0.5, 0.6) is 0 Å². The summed E-state index contributed by atoms with van der Waals surface area (Å²) in [5.41, 5.74) is -0.820. The van der Waals surface area contributed by atoms with E-state index in [2.05, 4.69) is 26.1 Å². The number of carbonyl (C=O) groups excluding carboxylic acids is 1. The maximum atomic E-state index is 12.7. The molecule has 21 heavy (non-hydrogen) atoms. The van der Waals surface area contributed by atoms with E-state index in [9.17, 15) is 18.0 Å². The highest BCUT2D eigenvalue weighted by Crippen LogP contribution is 2.31. The number of hydrogen-bond acceptors (Lipinski definition) is 2. The monoisotopic (exact) mass is 364 g/mol. The van der Waals surface area contributed by atoms with Gasteiger partial charge in [-0.1, -0.05) is 0 Å². The van der Waals surface area contributed by atoms with Crippen molar-refractivity contribution in [2.24, 2.45) is 0 Å². The van der Waals surface area contributed by atoms with Crippen LogP contribution in [-0.4, -0.2) is 37.0 Å². The number of nitrogens with zero attached hydrogens (tertiary/aromatic N) is 1. The van der Waals surface area contributed by atoms with Crippen LogP contribution >= 0.6 is 15.9 Å². The molecule has 1 saturated heterocycles. The van der Waals surface area contributed by atoms with Gasteiger partial charge in [-0.2, -0.15) is 13.2 Å². The molecule has 0 bridgehead atoms. The van der Waals surface area contributed by atoms with Crippen molar-refractivity contribution < 1.29 is 18.0 Å². The third-order valence-electron chi connectivity index (χ3n) is 3.71. The zero-order chi connectivity index (χ0) is 15.6. The molecule has 1 unspecified atom stereocenters. The van der Waals surface area contributed by atoms with Gasteiger partial charge in [0.15, 0.2) is 0 Å². The molecule has 3 nitrogen and oxygen atoms in total. The summed E-state index contributed by atoms with van der Waals surface area (Å²) < 4.78 is 38.4. The van der Waals surface area contributed by atoms with Crippen LogP contribution in [0.2, 0.25) is 0 Å². The van der Waals surface area contributed by atoms with E-state index in [4.69, 9.17) is 0 Å². The van der Waals surface area contributed by atoms with Crippen molar-refractivity contribution >= 4 is 21.8 Å². The van der Waals surface area contributed by atoms with Crippen molar-refractivity contribution in [3.05, 3.63) is 33.8 Å². The smallest absolute Gasteiger partial charge is 0.350 e. The Morgan fingerprint density at radius 1 is 1.48 bits per heavy atom. The topological polar surface area (TPSA) is 32.3 Å². The van der Waals surface area contributed by atoms with Gasteiger partial charge in [0, 0.05) is 17.1 Å². The van der Waals surface area contributed by atoms with Gasteiger partial charge in [0.1, 0.15) is 0 Å². The zero-order valence-electron chi connectivity index (χ0n) is 11.5. The molecule has 0 radical (unpaired) electrons. The zero-order valence-corrected chi connectivity index (χ0v) is 13.1. The van der Waals surface area contributed by atoms with Crippen LogP contribution in [-0.2, 0) is 6.18 Å². The average Bonchev–Trinajstić information content (AvgIpc) is 2.80. The molecule has 2 rings (SSSR count). The third kappa shape index (κ3) is 3.97. The third-order valence-corrected chi connectivity index (χ3v) is 4.40. The Morgan fingerprint density at radius 2 is 2.19 bits per heavy atom. The summed E-state index contributed by atoms with van der Waals surface area (Å²) in [6.07, 6.45) is -2.40. The Labute approximate surface area is 129 Å². The molecule has 0 aromatic heterocycles. The number of nitrogens with one attached hydrogen (secondary N) is 1. The molecule has 1 amide bonds. The molecule has 1 fully saturated rings. The minimum atomic E-state index is -4.46. The van der Waals surface area contributed by atoms with Gasteiger partial charge < -0.3 is 10.2 Å². The summed E-state index contributed by atoms with van der Waals surface area (Å²) >= 11 is 3.12. The lowest BCUT2D eigenvalue weighted by atomic mass is 10.1. The first kappa shape index (κ1) is 16.3. The van der Waals surface area contributed by atoms with Crippen LogP contribution in [0.3, 0.4) is 0 Å². The fourth-order valence-corrected chi connectivity index (χ4v) is 2.85. The second kappa shape index (κ2) is 6.36. The highest BCUT2D eigenvalue weighted by Gasteiger charge is 2.31. The Bertz CT molecular complexity index is 533. The highest BCUT2D eigenvalue weighted by molar-refractivity contribution is 9.10. The lowest BCUT2D eigenvalue weighted by Crippen LogP contribution is -2.38. The van der Waals surface area contributed by atoms with Gasteiger partial charge >= 0.3 is 6.18 Å². The standard InChI is InChI=1S/C14H16BrF3N2O/c1-20-6-2-3-10(20)8-19-13(21)11-7-9(14(16,17)18)4-5-12(11)15/h4-5,7,10H,2-3,6,8H2,1H3,(H,19,21). The van der Waals surface area contributed by atoms with Crippen LogP contribution in [0, 0.1) is 0 Å². The molecule has 1 N–H and O–H groups in total. The fraction of sp³-hybridized carbons (Fsp3) is 0.500. The van der Waals surface area contributed by atoms with Gasteiger partial charge in [0.2, 0.25) is 0 Å². The molecule has 0 saturated carbocycles. The van der Waals surface area contributed by atoms with Crippen LogP contribution in [0.1, 0.15) is 28.8 Å². The van der Waals surface area contributed by atoms with Crippen molar-refractivity contribution in [2.45, 2.75) is 25.1 Å². The number of alkyl halides is 3. The first-order chi connectivity index (χ1) is 9.79. The second-order valence-corrected chi connectivity index (χ2v) is 6.03. The molecule has 1 heterocycles. The molecular weight excluding hydrogens is 349 g/mol. The largest absolute Gasteiger partial charge is 0.416 e. The summed E-state index contributed by atoms with van der Waals surface area (Å²) in [6, 6.07) is 3.32. The lowest BCUT2D eigenvalue weighted by Gasteiger charge is -2.20. The number of carbonyl (C=O) groups is 1. The van der Waals surface area contributed by atoms with E-state index >= 15 is 0 Å². The number of hydrogen-bond donors (Lipinski definition) is 1. The number of amides is 1. The second-order valence-electron chi connectivity index (χ2n) is 5.18. The summed E-state index contributed by atoms with van der Waals surface area (Å²) in [7, 11) is 1.98. The van der Waals surface area contributed by atoms with E-state index in [1.165, 1.54) is 6.07 Å². The van der Waals surface area contributed by atoms with Crippen LogP contribution in [0.25, 0.3) is 0 Å². The van der Waals surface area contributed by atoms with Crippen LogP contribution in [0.4, 0.5) is 13.2 Å². The number of benzene rings is 1. The van der Waals surface area contributed by atoms with E-state index in [0.717, 1.165) is 31.5 Å². The minimum absolute atomic E-state index is 0.00507. The van der Waals surface area contributed by atoms with Gasteiger partial charge in [-0.15, -0.1) is 0 Å². The van der Waals surface area contributed by atoms with E-state index in [0.29, 0.717) is 11.0 Å². The molecule has 1 atom stereocenters. The predicted octanol–water partition coefficient (Wildman–Crippen LogP) is 3.29. The van der Waals surface area contributed by atoms with Crippen molar-refractivity contribution in [2.75, 3.05) is 20.1 Å². The van der Waals surface area contributed by atoms with Gasteiger partial charge in [0.25, 0.3) is 5.91 Å². The molecule has 0 aliphatic carbocycles. The molecule has 0 spiro atoms. The number of likely N-dealkylation sites (tertiary alicyclic amines) is 1. The number of likely N-dealkylation sites (N-methyl/N-ethyl adjacent to an activating group) is 1. The summed E-state index contributed by atoms with van der Waals surface area (Å²) in [4.78, 5) is 14.2. The highest BCUT2D eigenvalue weighted by atomic mass is 79.9. The molecule has 1 aliphatic heterocycles. The Balaban J connectivity index is 2.08. The maximum Gasteiger partial charge on any atom is 0.416 e. The normalized spacial score (nSPS) is 19.8. The van der Waals surface area contributed by atoms with Crippen LogP contribution < -0.4 is 5.32 Å². The van der Waals surface area contributed by atoms with E-state index in [1.54, 1.807) is 0 Å². The molecule has 1 aliphatic rings. The van der Waals surface area contributed by atoms with Gasteiger partial charge in [-0.05, 0) is 60.6 Å². The molecule has 1 aromatic rings. The molecule has 7 heteroatoms. The molecule has 1 aromatic carbocycles. The molecule has 116 valence electrons. The average molecular weight is 365 g/mol. The van der Waals surface area contributed by atoms with Crippen molar-refractivity contribution in [3.63, 3.8) is 0 Å². The first-order valence-corrected chi connectivity index (χ1v) is 7.43. The van der Waals surface area contributed by atoms with Crippen molar-refractivity contribution in [3.8, 4) is 0 Å². The van der Waals surface area contributed by atoms with E-state index in [1.807, 2.05) is 7.05 Å². The summed E-state index contributed by atoms with van der Waals surface area (Å²) in [6.45, 7) is 1.42. The summed E-state index contributed by atoms with van der Waals surface area (Å²) in [5.74, 6) is -0.492. The van der Waals surface area contributed by atoms with Gasteiger partial charge in [-0.25, -0.2) is 0 Å². The Morgan fingerprint density at radius 3 is 2.76 bits per heavy atom. The lowest BCUT2D eigenvalue weighted by molar-refractivity contribution is -0.137. The first-order valence-electron chi connectivity index (χ1n) is 6.64. The van der Waals surface area contributed by atoms with Crippen LogP contribution in [0.15, 0.2) is 22.7 Å². The van der Waals surface area contributed by atoms with Gasteiger partial charge in [0.05, 0.1) is 11.1 Å². The quantitative estimate of drug-likeness (QED) is 0.892. The Hall–Kier alpha value is -1.08. The minimum Gasteiger partial charge on any atom is -0.350 e. The number of rotatable bonds is 3. The summed E-state index contributed by atoms with van der Waals surface area (Å²) in [5, 5.41) is 2.71. The van der Waals surface area contributed by atoms with Crippen molar-refractivity contribution in [1.29, 1.82) is 0 Å². The Kier molecular flexibility index (Phi) is 4.93. The SMILES string of the molecule is CN1CCCC1CNC(=O)c1cc(C(F)(F)F)ccc1Br. The predicted molar refractivity (Wildman–Crippen MR) is 77.1 cm³/mol. The molecular formula is C14H16BrF3N2O. The maximum absolute atomic E-state index is 12.7. The van der Waals surface area contributed by atoms with E-state index in [-0.39, 0.29) is 11.6 Å². The number of halogens is 4.